The molecule has 0 aliphatic carbocycles. The number of nitrogens with zero attached hydrogens (tertiary/aromatic N) is 1. The van der Waals surface area contributed by atoms with E-state index in [4.69, 9.17) is 4.74 Å². The lowest BCUT2D eigenvalue weighted by Gasteiger charge is -2.33. The molecule has 1 amide bonds. The minimum atomic E-state index is -0.474. The van der Waals surface area contributed by atoms with E-state index in [9.17, 15) is 9.59 Å². The first kappa shape index (κ1) is 14.2. The summed E-state index contributed by atoms with van der Waals surface area (Å²) in [6.45, 7) is 5.84. The first-order valence-electron chi connectivity index (χ1n) is 5.87. The average molecular weight is 249 g/mol. The maximum Gasteiger partial charge on any atom is 0.410 e. The molecule has 0 heterocycles. The summed E-state index contributed by atoms with van der Waals surface area (Å²) in [5, 5.41) is 0. The van der Waals surface area contributed by atoms with Gasteiger partial charge in [-0.2, -0.15) is 0 Å². The van der Waals surface area contributed by atoms with Crippen molar-refractivity contribution in [3.63, 3.8) is 0 Å². The highest BCUT2D eigenvalue weighted by molar-refractivity contribution is 5.72. The van der Waals surface area contributed by atoms with Crippen LogP contribution in [0.2, 0.25) is 0 Å². The fraction of sp³-hybridized carbons (Fsp3) is 0.429. The van der Waals surface area contributed by atoms with Crippen LogP contribution in [0.25, 0.3) is 0 Å². The number of ether oxygens (including phenoxy) is 1. The van der Waals surface area contributed by atoms with Gasteiger partial charge in [0.1, 0.15) is 12.9 Å². The number of benzene rings is 1. The SMILES string of the molecule is CC(C)(C)N(CC=O)C(=O)OCc1ccccc1. The normalized spacial score (nSPS) is 10.8. The number of hydrogen-bond donors (Lipinski definition) is 0. The van der Waals surface area contributed by atoms with Crippen LogP contribution in [0.3, 0.4) is 0 Å². The first-order valence-corrected chi connectivity index (χ1v) is 5.87. The van der Waals surface area contributed by atoms with Crippen LogP contribution in [-0.4, -0.2) is 29.4 Å². The van der Waals surface area contributed by atoms with Crippen molar-refractivity contribution < 1.29 is 14.3 Å². The standard InChI is InChI=1S/C14H19NO3/c1-14(2,3)15(9-10-16)13(17)18-11-12-7-5-4-6-8-12/h4-8,10H,9,11H2,1-3H3. The van der Waals surface area contributed by atoms with E-state index in [2.05, 4.69) is 0 Å². The van der Waals surface area contributed by atoms with Gasteiger partial charge in [0.15, 0.2) is 0 Å². The maximum atomic E-state index is 11.9. The molecule has 0 aromatic heterocycles. The summed E-state index contributed by atoms with van der Waals surface area (Å²) < 4.78 is 5.20. The van der Waals surface area contributed by atoms with Crippen LogP contribution in [0, 0.1) is 0 Å². The van der Waals surface area contributed by atoms with Crippen LogP contribution in [0.15, 0.2) is 30.3 Å². The predicted octanol–water partition coefficient (Wildman–Crippen LogP) is 2.62. The smallest absolute Gasteiger partial charge is 0.410 e. The van der Waals surface area contributed by atoms with Gasteiger partial charge in [-0.25, -0.2) is 4.79 Å². The lowest BCUT2D eigenvalue weighted by atomic mass is 10.1. The van der Waals surface area contributed by atoms with Crippen molar-refractivity contribution in [2.45, 2.75) is 32.9 Å². The molecule has 0 saturated carbocycles. The summed E-state index contributed by atoms with van der Waals surface area (Å²) >= 11 is 0. The maximum absolute atomic E-state index is 11.9. The largest absolute Gasteiger partial charge is 0.445 e. The summed E-state index contributed by atoms with van der Waals surface area (Å²) in [5.74, 6) is 0. The second kappa shape index (κ2) is 6.19. The Morgan fingerprint density at radius 3 is 2.39 bits per heavy atom. The van der Waals surface area contributed by atoms with Crippen molar-refractivity contribution in [1.82, 2.24) is 4.90 Å². The highest BCUT2D eigenvalue weighted by Gasteiger charge is 2.27. The van der Waals surface area contributed by atoms with E-state index in [0.717, 1.165) is 5.56 Å². The molecule has 18 heavy (non-hydrogen) atoms. The van der Waals surface area contributed by atoms with Crippen molar-refractivity contribution in [3.05, 3.63) is 35.9 Å². The second-order valence-corrected chi connectivity index (χ2v) is 4.99. The van der Waals surface area contributed by atoms with Crippen LogP contribution in [0.1, 0.15) is 26.3 Å². The van der Waals surface area contributed by atoms with Crippen LogP contribution in [0.5, 0.6) is 0 Å². The molecule has 0 aliphatic rings. The van der Waals surface area contributed by atoms with Gasteiger partial charge in [0, 0.05) is 5.54 Å². The van der Waals surface area contributed by atoms with Crippen molar-refractivity contribution in [2.75, 3.05) is 6.54 Å². The Balaban J connectivity index is 2.60. The van der Waals surface area contributed by atoms with Crippen molar-refractivity contribution in [3.8, 4) is 0 Å². The number of carbonyl (C=O) groups excluding carboxylic acids is 2. The minimum absolute atomic E-state index is 0.0388. The third-order valence-electron chi connectivity index (χ3n) is 2.49. The average Bonchev–Trinajstić information content (AvgIpc) is 2.33. The van der Waals surface area contributed by atoms with E-state index in [1.807, 2.05) is 51.1 Å². The number of aldehydes is 1. The molecule has 0 bridgehead atoms. The highest BCUT2D eigenvalue weighted by atomic mass is 16.6. The van der Waals surface area contributed by atoms with Gasteiger partial charge in [-0.05, 0) is 26.3 Å². The molecule has 4 nitrogen and oxygen atoms in total. The topological polar surface area (TPSA) is 46.6 Å². The monoisotopic (exact) mass is 249 g/mol. The van der Waals surface area contributed by atoms with E-state index in [0.29, 0.717) is 6.29 Å². The van der Waals surface area contributed by atoms with Gasteiger partial charge in [0.25, 0.3) is 0 Å². The molecular weight excluding hydrogens is 230 g/mol. The summed E-state index contributed by atoms with van der Waals surface area (Å²) in [6, 6.07) is 9.44. The van der Waals surface area contributed by atoms with E-state index in [1.54, 1.807) is 0 Å². The second-order valence-electron chi connectivity index (χ2n) is 4.99. The molecule has 0 radical (unpaired) electrons. The van der Waals surface area contributed by atoms with E-state index >= 15 is 0 Å². The highest BCUT2D eigenvalue weighted by Crippen LogP contribution is 2.14. The zero-order valence-electron chi connectivity index (χ0n) is 11.1. The van der Waals surface area contributed by atoms with Crippen molar-refractivity contribution >= 4 is 12.4 Å². The van der Waals surface area contributed by atoms with Gasteiger partial charge in [-0.3, -0.25) is 4.90 Å². The van der Waals surface area contributed by atoms with E-state index < -0.39 is 11.6 Å². The Bertz CT molecular complexity index is 395. The molecule has 0 fully saturated rings. The molecule has 0 N–H and O–H groups in total. The molecule has 4 heteroatoms. The number of rotatable bonds is 4. The van der Waals surface area contributed by atoms with Crippen LogP contribution < -0.4 is 0 Å². The number of amides is 1. The minimum Gasteiger partial charge on any atom is -0.445 e. The predicted molar refractivity (Wildman–Crippen MR) is 69.2 cm³/mol. The summed E-state index contributed by atoms with van der Waals surface area (Å²) in [7, 11) is 0. The molecule has 1 aromatic carbocycles. The molecule has 0 atom stereocenters. The molecular formula is C14H19NO3. The van der Waals surface area contributed by atoms with Crippen LogP contribution >= 0.6 is 0 Å². The van der Waals surface area contributed by atoms with Crippen molar-refractivity contribution in [2.24, 2.45) is 0 Å². The number of hydrogen-bond acceptors (Lipinski definition) is 3. The molecule has 1 aromatic rings. The Kier molecular flexibility index (Phi) is 4.89. The molecule has 98 valence electrons. The molecule has 0 spiro atoms. The Labute approximate surface area is 108 Å². The van der Waals surface area contributed by atoms with Crippen molar-refractivity contribution in [1.29, 1.82) is 0 Å². The van der Waals surface area contributed by atoms with Crippen LogP contribution in [-0.2, 0) is 16.1 Å². The lowest BCUT2D eigenvalue weighted by molar-refractivity contribution is -0.109. The molecule has 1 rings (SSSR count). The molecule has 0 saturated heterocycles. The summed E-state index contributed by atoms with van der Waals surface area (Å²) in [6.07, 6.45) is 0.230. The zero-order chi connectivity index (χ0) is 13.6. The fourth-order valence-corrected chi connectivity index (χ4v) is 1.49. The lowest BCUT2D eigenvalue weighted by Crippen LogP contribution is -2.46. The van der Waals surface area contributed by atoms with Gasteiger partial charge in [-0.1, -0.05) is 30.3 Å². The molecule has 0 unspecified atom stereocenters. The third-order valence-corrected chi connectivity index (χ3v) is 2.49. The van der Waals surface area contributed by atoms with Crippen LogP contribution in [0.4, 0.5) is 4.79 Å². The molecule has 0 aliphatic heterocycles. The first-order chi connectivity index (χ1) is 8.45. The van der Waals surface area contributed by atoms with E-state index in [-0.39, 0.29) is 13.2 Å². The van der Waals surface area contributed by atoms with Gasteiger partial charge >= 0.3 is 6.09 Å². The summed E-state index contributed by atoms with van der Waals surface area (Å²) in [5.41, 5.74) is 0.486. The fourth-order valence-electron chi connectivity index (χ4n) is 1.49. The van der Waals surface area contributed by atoms with Gasteiger partial charge in [0.2, 0.25) is 0 Å². The summed E-state index contributed by atoms with van der Waals surface area (Å²) in [4.78, 5) is 23.9. The Morgan fingerprint density at radius 2 is 1.89 bits per heavy atom. The van der Waals surface area contributed by atoms with Gasteiger partial charge in [-0.15, -0.1) is 0 Å². The quantitative estimate of drug-likeness (QED) is 0.771. The van der Waals surface area contributed by atoms with E-state index in [1.165, 1.54) is 4.90 Å². The Morgan fingerprint density at radius 1 is 1.28 bits per heavy atom. The Hall–Kier alpha value is -1.84. The van der Waals surface area contributed by atoms with Gasteiger partial charge in [0.05, 0.1) is 6.54 Å². The third kappa shape index (κ3) is 4.20. The van der Waals surface area contributed by atoms with Gasteiger partial charge < -0.3 is 9.53 Å². The number of carbonyl (C=O) groups is 2. The zero-order valence-corrected chi connectivity index (χ0v) is 11.1.